The smallest absolute Gasteiger partial charge is 0.273 e. The van der Waals surface area contributed by atoms with Crippen LogP contribution in [0, 0.1) is 5.92 Å². The van der Waals surface area contributed by atoms with E-state index in [1.54, 1.807) is 6.07 Å². The molecule has 2 aliphatic heterocycles. The highest BCUT2D eigenvalue weighted by Crippen LogP contribution is 2.18. The number of nitrogens with zero attached hydrogens (tertiary/aromatic N) is 2. The van der Waals surface area contributed by atoms with Crippen LogP contribution in [0.5, 0.6) is 0 Å². The summed E-state index contributed by atoms with van der Waals surface area (Å²) in [5, 5.41) is 6.96. The highest BCUT2D eigenvalue weighted by atomic mass is 16.5. The number of aromatic nitrogens is 1. The lowest BCUT2D eigenvalue weighted by Crippen LogP contribution is -2.45. The van der Waals surface area contributed by atoms with Gasteiger partial charge in [0.15, 0.2) is 11.5 Å². The second-order valence-corrected chi connectivity index (χ2v) is 8.36. The first-order valence-electron chi connectivity index (χ1n) is 9.59. The van der Waals surface area contributed by atoms with Gasteiger partial charge in [-0.2, -0.15) is 0 Å². The minimum atomic E-state index is -0.256. The highest BCUT2D eigenvalue weighted by Gasteiger charge is 2.25. The van der Waals surface area contributed by atoms with Gasteiger partial charge < -0.3 is 24.2 Å². The fraction of sp³-hybridized carbons (Fsp3) is 0.789. The number of hydrogen-bond donors (Lipinski definition) is 1. The van der Waals surface area contributed by atoms with Gasteiger partial charge in [0, 0.05) is 38.3 Å². The number of likely N-dealkylation sites (tertiary alicyclic amines) is 1. The highest BCUT2D eigenvalue weighted by molar-refractivity contribution is 5.92. The van der Waals surface area contributed by atoms with Gasteiger partial charge in [0.05, 0.1) is 12.2 Å². The molecule has 0 saturated carbocycles. The van der Waals surface area contributed by atoms with Crippen LogP contribution >= 0.6 is 0 Å². The molecular formula is C19H31N3O4. The standard InChI is InChI=1S/C19H31N3O4/c1-19(2,3)25-13-16-10-17(21-26-16)18(23)20-15-4-7-22(8-5-15)11-14-6-9-24-12-14/h10,14-15H,4-9,11-13H2,1-3H3,(H,20,23). The molecule has 0 bridgehead atoms. The SMILES string of the molecule is CC(C)(C)OCc1cc(C(=O)NC2CCN(CC3CCOC3)CC2)no1. The third-order valence-corrected chi connectivity index (χ3v) is 4.90. The zero-order valence-electron chi connectivity index (χ0n) is 16.1. The fourth-order valence-electron chi connectivity index (χ4n) is 3.39. The van der Waals surface area contributed by atoms with Gasteiger partial charge in [-0.25, -0.2) is 0 Å². The normalized spacial score (nSPS) is 22.7. The van der Waals surface area contributed by atoms with Crippen LogP contribution in [0.3, 0.4) is 0 Å². The number of ether oxygens (including phenoxy) is 2. The molecule has 146 valence electrons. The van der Waals surface area contributed by atoms with Crippen molar-refractivity contribution >= 4 is 5.91 Å². The van der Waals surface area contributed by atoms with E-state index in [4.69, 9.17) is 14.0 Å². The lowest BCUT2D eigenvalue weighted by molar-refractivity contribution is -0.0241. The number of carbonyl (C=O) groups excluding carboxylic acids is 1. The van der Waals surface area contributed by atoms with Crippen LogP contribution in [0.1, 0.15) is 56.3 Å². The topological polar surface area (TPSA) is 76.8 Å². The minimum Gasteiger partial charge on any atom is -0.381 e. The molecule has 1 N–H and O–H groups in total. The molecule has 3 heterocycles. The number of piperidine rings is 1. The van der Waals surface area contributed by atoms with Crippen molar-refractivity contribution in [2.45, 2.75) is 58.3 Å². The van der Waals surface area contributed by atoms with E-state index in [1.165, 1.54) is 6.42 Å². The van der Waals surface area contributed by atoms with Crippen molar-refractivity contribution in [1.29, 1.82) is 0 Å². The number of carbonyl (C=O) groups is 1. The second-order valence-electron chi connectivity index (χ2n) is 8.36. The second kappa shape index (κ2) is 8.50. The monoisotopic (exact) mass is 365 g/mol. The average Bonchev–Trinajstić information content (AvgIpc) is 3.26. The Hall–Kier alpha value is -1.44. The molecule has 0 spiro atoms. The third-order valence-electron chi connectivity index (χ3n) is 4.90. The largest absolute Gasteiger partial charge is 0.381 e. The summed E-state index contributed by atoms with van der Waals surface area (Å²) in [6.07, 6.45) is 3.11. The first-order chi connectivity index (χ1) is 12.4. The van der Waals surface area contributed by atoms with Gasteiger partial charge in [-0.3, -0.25) is 4.79 Å². The Labute approximate surface area is 155 Å². The maximum atomic E-state index is 12.4. The Morgan fingerprint density at radius 1 is 1.35 bits per heavy atom. The van der Waals surface area contributed by atoms with Gasteiger partial charge in [0.25, 0.3) is 5.91 Å². The van der Waals surface area contributed by atoms with Crippen LogP contribution < -0.4 is 5.32 Å². The van der Waals surface area contributed by atoms with Crippen LogP contribution in [-0.2, 0) is 16.1 Å². The molecule has 7 nitrogen and oxygen atoms in total. The summed E-state index contributed by atoms with van der Waals surface area (Å²) in [6.45, 7) is 11.2. The van der Waals surface area contributed by atoms with Crippen LogP contribution in [0.4, 0.5) is 0 Å². The zero-order chi connectivity index (χ0) is 18.6. The molecule has 2 fully saturated rings. The summed E-state index contributed by atoms with van der Waals surface area (Å²) in [5.41, 5.74) is 0.0661. The molecule has 1 aromatic heterocycles. The number of nitrogens with one attached hydrogen (secondary N) is 1. The molecule has 7 heteroatoms. The lowest BCUT2D eigenvalue weighted by atomic mass is 10.0. The predicted octanol–water partition coefficient (Wildman–Crippen LogP) is 2.22. The molecule has 0 aliphatic carbocycles. The van der Waals surface area contributed by atoms with E-state index in [0.29, 0.717) is 24.0 Å². The molecule has 2 aliphatic rings. The van der Waals surface area contributed by atoms with Gasteiger partial charge in [0.2, 0.25) is 0 Å². The number of rotatable bonds is 6. The van der Waals surface area contributed by atoms with Crippen LogP contribution in [0.25, 0.3) is 0 Å². The molecule has 1 atom stereocenters. The van der Waals surface area contributed by atoms with E-state index in [9.17, 15) is 4.79 Å². The van der Waals surface area contributed by atoms with Crippen molar-refractivity contribution in [1.82, 2.24) is 15.4 Å². The molecule has 1 aromatic rings. The van der Waals surface area contributed by atoms with Crippen molar-refractivity contribution in [2.24, 2.45) is 5.92 Å². The first-order valence-corrected chi connectivity index (χ1v) is 9.59. The quantitative estimate of drug-likeness (QED) is 0.833. The Bertz CT molecular complexity index is 582. The number of hydrogen-bond acceptors (Lipinski definition) is 6. The van der Waals surface area contributed by atoms with Crippen molar-refractivity contribution in [3.8, 4) is 0 Å². The Balaban J connectivity index is 1.40. The lowest BCUT2D eigenvalue weighted by Gasteiger charge is -2.33. The minimum absolute atomic E-state index is 0.168. The Morgan fingerprint density at radius 3 is 2.77 bits per heavy atom. The van der Waals surface area contributed by atoms with Crippen LogP contribution in [0.2, 0.25) is 0 Å². The molecule has 3 rings (SSSR count). The summed E-state index contributed by atoms with van der Waals surface area (Å²) in [4.78, 5) is 14.9. The van der Waals surface area contributed by atoms with Crippen molar-refractivity contribution in [3.05, 3.63) is 17.5 Å². The predicted molar refractivity (Wildman–Crippen MR) is 96.9 cm³/mol. The number of amides is 1. The molecule has 2 saturated heterocycles. The van der Waals surface area contributed by atoms with Gasteiger partial charge in [-0.1, -0.05) is 5.16 Å². The third kappa shape index (κ3) is 5.79. The molecular weight excluding hydrogens is 334 g/mol. The van der Waals surface area contributed by atoms with Crippen LogP contribution in [-0.4, -0.2) is 60.5 Å². The Kier molecular flexibility index (Phi) is 6.32. The molecule has 1 amide bonds. The van der Waals surface area contributed by atoms with Crippen molar-refractivity contribution in [3.63, 3.8) is 0 Å². The molecule has 26 heavy (non-hydrogen) atoms. The van der Waals surface area contributed by atoms with Crippen molar-refractivity contribution < 1.29 is 18.8 Å². The van der Waals surface area contributed by atoms with E-state index >= 15 is 0 Å². The summed E-state index contributed by atoms with van der Waals surface area (Å²) in [5.74, 6) is 1.07. The summed E-state index contributed by atoms with van der Waals surface area (Å²) in [6, 6.07) is 1.86. The van der Waals surface area contributed by atoms with E-state index in [0.717, 1.165) is 45.7 Å². The van der Waals surface area contributed by atoms with E-state index in [2.05, 4.69) is 15.4 Å². The summed E-state index contributed by atoms with van der Waals surface area (Å²) in [7, 11) is 0. The van der Waals surface area contributed by atoms with E-state index in [-0.39, 0.29) is 17.6 Å². The summed E-state index contributed by atoms with van der Waals surface area (Å²) < 4.78 is 16.3. The zero-order valence-corrected chi connectivity index (χ0v) is 16.1. The average molecular weight is 365 g/mol. The fourth-order valence-corrected chi connectivity index (χ4v) is 3.39. The van der Waals surface area contributed by atoms with Gasteiger partial charge in [-0.05, 0) is 46.0 Å². The van der Waals surface area contributed by atoms with E-state index in [1.807, 2.05) is 20.8 Å². The molecule has 0 radical (unpaired) electrons. The molecule has 1 unspecified atom stereocenters. The van der Waals surface area contributed by atoms with Gasteiger partial charge in [0.1, 0.15) is 6.61 Å². The van der Waals surface area contributed by atoms with Crippen molar-refractivity contribution in [2.75, 3.05) is 32.8 Å². The Morgan fingerprint density at radius 2 is 2.12 bits per heavy atom. The summed E-state index contributed by atoms with van der Waals surface area (Å²) >= 11 is 0. The van der Waals surface area contributed by atoms with Crippen LogP contribution in [0.15, 0.2) is 10.6 Å². The maximum absolute atomic E-state index is 12.4. The van der Waals surface area contributed by atoms with Gasteiger partial charge in [-0.15, -0.1) is 0 Å². The molecule has 0 aromatic carbocycles. The first kappa shape index (κ1) is 19.3. The maximum Gasteiger partial charge on any atom is 0.273 e. The van der Waals surface area contributed by atoms with Gasteiger partial charge >= 0.3 is 0 Å². The van der Waals surface area contributed by atoms with E-state index < -0.39 is 0 Å².